The molecule has 0 radical (unpaired) electrons. The summed E-state index contributed by atoms with van der Waals surface area (Å²) in [6.45, 7) is 5.92. The zero-order valence-corrected chi connectivity index (χ0v) is 26.9. The minimum Gasteiger partial charge on any atom is -0.465 e. The van der Waals surface area contributed by atoms with Gasteiger partial charge in [0.15, 0.2) is 6.29 Å². The van der Waals surface area contributed by atoms with Crippen molar-refractivity contribution in [2.24, 2.45) is 5.92 Å². The van der Waals surface area contributed by atoms with Crippen LogP contribution < -0.4 is 10.6 Å². The fraction of sp³-hybridized carbons (Fsp3) is 0.429. The van der Waals surface area contributed by atoms with E-state index in [1.165, 1.54) is 0 Å². The molecule has 0 aromatic heterocycles. The van der Waals surface area contributed by atoms with Crippen molar-refractivity contribution in [3.63, 3.8) is 0 Å². The third-order valence-electron chi connectivity index (χ3n) is 8.77. The summed E-state index contributed by atoms with van der Waals surface area (Å²) in [5, 5.41) is 26.8. The van der Waals surface area contributed by atoms with Crippen LogP contribution in [0.1, 0.15) is 61.3 Å². The minimum absolute atomic E-state index is 0.0114. The highest BCUT2D eigenvalue weighted by Gasteiger charge is 2.41. The lowest BCUT2D eigenvalue weighted by Crippen LogP contribution is -2.49. The molecule has 3 aromatic rings. The second-order valence-corrected chi connectivity index (χ2v) is 12.3. The lowest BCUT2D eigenvalue weighted by Gasteiger charge is -2.45. The van der Waals surface area contributed by atoms with Crippen molar-refractivity contribution in [3.8, 4) is 0 Å². The third-order valence-corrected chi connectivity index (χ3v) is 9.02. The van der Waals surface area contributed by atoms with Gasteiger partial charge in [0, 0.05) is 41.8 Å². The van der Waals surface area contributed by atoms with Gasteiger partial charge < -0.3 is 40.0 Å². The first-order valence-corrected chi connectivity index (χ1v) is 16.1. The van der Waals surface area contributed by atoms with Gasteiger partial charge in [-0.25, -0.2) is 4.79 Å². The SMILES string of the molecule is CCOC(=O)CNC(=O)Nc1ccc([C@@H]2O[C@H](CN3CCC(O)(c4ccc(Cl)cc4)CC3)[C@H](C)[C@H](c3ccc(CO)cc3)O2)cc1. The molecule has 46 heavy (non-hydrogen) atoms. The van der Waals surface area contributed by atoms with Crippen LogP contribution in [0.15, 0.2) is 72.8 Å². The number of benzene rings is 3. The number of carbonyl (C=O) groups is 2. The number of hydrogen-bond acceptors (Lipinski definition) is 8. The van der Waals surface area contributed by atoms with Crippen LogP contribution in [0.5, 0.6) is 0 Å². The molecule has 11 heteroatoms. The number of nitrogens with one attached hydrogen (secondary N) is 2. The minimum atomic E-state index is -0.895. The summed E-state index contributed by atoms with van der Waals surface area (Å²) in [6, 6.07) is 21.9. The maximum atomic E-state index is 12.2. The number of carbonyl (C=O) groups excluding carboxylic acids is 2. The van der Waals surface area contributed by atoms with Gasteiger partial charge in [-0.3, -0.25) is 4.79 Å². The smallest absolute Gasteiger partial charge is 0.325 e. The van der Waals surface area contributed by atoms with Crippen molar-refractivity contribution in [2.45, 2.75) is 57.4 Å². The molecule has 0 spiro atoms. The van der Waals surface area contributed by atoms with Crippen LogP contribution in [0.3, 0.4) is 0 Å². The molecule has 10 nitrogen and oxygen atoms in total. The summed E-state index contributed by atoms with van der Waals surface area (Å²) >= 11 is 6.07. The number of ether oxygens (including phenoxy) is 3. The predicted molar refractivity (Wildman–Crippen MR) is 174 cm³/mol. The number of likely N-dealkylation sites (tertiary alicyclic amines) is 1. The fourth-order valence-corrected chi connectivity index (χ4v) is 6.13. The van der Waals surface area contributed by atoms with Gasteiger partial charge in [-0.1, -0.05) is 67.1 Å². The van der Waals surface area contributed by atoms with Crippen molar-refractivity contribution in [3.05, 3.63) is 100 Å². The van der Waals surface area contributed by atoms with Crippen LogP contribution in [0.25, 0.3) is 0 Å². The summed E-state index contributed by atoms with van der Waals surface area (Å²) < 4.78 is 18.0. The van der Waals surface area contributed by atoms with E-state index in [0.717, 1.165) is 22.3 Å². The second kappa shape index (κ2) is 15.4. The van der Waals surface area contributed by atoms with Crippen molar-refractivity contribution in [1.82, 2.24) is 10.2 Å². The van der Waals surface area contributed by atoms with Crippen LogP contribution in [0, 0.1) is 5.92 Å². The van der Waals surface area contributed by atoms with Gasteiger partial charge in [0.1, 0.15) is 6.54 Å². The Balaban J connectivity index is 1.27. The Morgan fingerprint density at radius 1 is 0.978 bits per heavy atom. The Morgan fingerprint density at radius 3 is 2.26 bits per heavy atom. The molecule has 4 N–H and O–H groups in total. The molecule has 2 aliphatic rings. The number of hydrogen-bond donors (Lipinski definition) is 4. The quantitative estimate of drug-likeness (QED) is 0.218. The number of anilines is 1. The Labute approximate surface area is 274 Å². The summed E-state index contributed by atoms with van der Waals surface area (Å²) in [7, 11) is 0. The van der Waals surface area contributed by atoms with E-state index in [1.807, 2.05) is 60.7 Å². The predicted octanol–water partition coefficient (Wildman–Crippen LogP) is 5.29. The number of nitrogens with zero attached hydrogens (tertiary/aromatic N) is 1. The van der Waals surface area contributed by atoms with Crippen LogP contribution in [0.4, 0.5) is 10.5 Å². The Bertz CT molecular complexity index is 1440. The van der Waals surface area contributed by atoms with Crippen molar-refractivity contribution in [1.29, 1.82) is 0 Å². The molecule has 3 aromatic carbocycles. The number of aliphatic hydroxyl groups excluding tert-OH is 1. The lowest BCUT2D eigenvalue weighted by molar-refractivity contribution is -0.277. The van der Waals surface area contributed by atoms with E-state index in [4.69, 9.17) is 25.8 Å². The van der Waals surface area contributed by atoms with E-state index in [1.54, 1.807) is 19.1 Å². The van der Waals surface area contributed by atoms with E-state index >= 15 is 0 Å². The second-order valence-electron chi connectivity index (χ2n) is 11.9. The number of halogens is 1. The van der Waals surface area contributed by atoms with E-state index in [9.17, 15) is 19.8 Å². The summed E-state index contributed by atoms with van der Waals surface area (Å²) in [6.07, 6.45) is 0.104. The average molecular weight is 652 g/mol. The maximum Gasteiger partial charge on any atom is 0.325 e. The molecule has 5 rings (SSSR count). The summed E-state index contributed by atoms with van der Waals surface area (Å²) in [5.74, 6) is -0.497. The molecule has 0 aliphatic carbocycles. The monoisotopic (exact) mass is 651 g/mol. The van der Waals surface area contributed by atoms with E-state index in [0.29, 0.717) is 43.2 Å². The van der Waals surface area contributed by atoms with Crippen molar-refractivity contribution < 1.29 is 34.0 Å². The molecule has 4 atom stereocenters. The van der Waals surface area contributed by atoms with Crippen LogP contribution in [-0.4, -0.2) is 66.0 Å². The first-order chi connectivity index (χ1) is 22.2. The molecule has 0 bridgehead atoms. The number of urea groups is 1. The molecule has 0 saturated carbocycles. The molecular weight excluding hydrogens is 610 g/mol. The summed E-state index contributed by atoms with van der Waals surface area (Å²) in [5.41, 5.74) is 3.15. The highest BCUT2D eigenvalue weighted by atomic mass is 35.5. The number of esters is 1. The highest BCUT2D eigenvalue weighted by molar-refractivity contribution is 6.30. The molecule has 2 amide bonds. The number of rotatable bonds is 10. The van der Waals surface area contributed by atoms with E-state index in [2.05, 4.69) is 22.5 Å². The first-order valence-electron chi connectivity index (χ1n) is 15.7. The van der Waals surface area contributed by atoms with Gasteiger partial charge in [0.05, 0.1) is 31.0 Å². The topological polar surface area (TPSA) is 130 Å². The zero-order valence-electron chi connectivity index (χ0n) is 26.2. The number of piperidine rings is 1. The fourth-order valence-electron chi connectivity index (χ4n) is 6.00. The Hall–Kier alpha value is -3.51. The molecule has 2 saturated heterocycles. The first kappa shape index (κ1) is 33.8. The van der Waals surface area contributed by atoms with Gasteiger partial charge in [-0.05, 0) is 60.7 Å². The van der Waals surface area contributed by atoms with Crippen LogP contribution in [-0.2, 0) is 31.2 Å². The Morgan fingerprint density at radius 2 is 1.63 bits per heavy atom. The van der Waals surface area contributed by atoms with Crippen LogP contribution in [0.2, 0.25) is 5.02 Å². The molecule has 2 aliphatic heterocycles. The van der Waals surface area contributed by atoms with Gasteiger partial charge in [-0.2, -0.15) is 0 Å². The van der Waals surface area contributed by atoms with Gasteiger partial charge >= 0.3 is 12.0 Å². The Kier molecular flexibility index (Phi) is 11.3. The number of aliphatic hydroxyl groups is 2. The highest BCUT2D eigenvalue weighted by Crippen LogP contribution is 2.42. The maximum absolute atomic E-state index is 12.2. The lowest BCUT2D eigenvalue weighted by atomic mass is 9.84. The molecule has 0 unspecified atom stereocenters. The molecule has 246 valence electrons. The van der Waals surface area contributed by atoms with Gasteiger partial charge in [-0.15, -0.1) is 0 Å². The summed E-state index contributed by atoms with van der Waals surface area (Å²) in [4.78, 5) is 26.1. The van der Waals surface area contributed by atoms with Crippen LogP contribution >= 0.6 is 11.6 Å². The normalized spacial score (nSPS) is 23.0. The standard InChI is InChI=1S/C35H42ClN3O7/c1-3-44-31(41)20-37-34(42)38-29-14-8-26(9-15-29)33-45-30(23(2)32(46-33)25-6-4-24(22-40)5-7-25)21-39-18-16-35(43,17-19-39)27-10-12-28(36)13-11-27/h4-15,23,30,32-33,40,43H,3,16-22H2,1-2H3,(H2,37,38,42)/t23-,30+,32+,33+/m0/s1. The van der Waals surface area contributed by atoms with Crippen molar-refractivity contribution in [2.75, 3.05) is 38.1 Å². The van der Waals surface area contributed by atoms with E-state index in [-0.39, 0.29) is 37.9 Å². The van der Waals surface area contributed by atoms with Gasteiger partial charge in [0.25, 0.3) is 0 Å². The largest absolute Gasteiger partial charge is 0.465 e. The van der Waals surface area contributed by atoms with Crippen molar-refractivity contribution >= 4 is 29.3 Å². The zero-order chi connectivity index (χ0) is 32.7. The number of amides is 2. The molecule has 2 heterocycles. The van der Waals surface area contributed by atoms with E-state index < -0.39 is 23.9 Å². The van der Waals surface area contributed by atoms with Gasteiger partial charge in [0.2, 0.25) is 0 Å². The third kappa shape index (κ3) is 8.44. The molecule has 2 fully saturated rings. The molecular formula is C35H42ClN3O7. The average Bonchev–Trinajstić information content (AvgIpc) is 3.06.